The molecule has 0 aromatic heterocycles. The van der Waals surface area contributed by atoms with E-state index >= 15 is 0 Å². The number of rotatable bonds is 4. The molecule has 0 spiro atoms. The van der Waals surface area contributed by atoms with Crippen LogP contribution in [0.25, 0.3) is 0 Å². The van der Waals surface area contributed by atoms with E-state index in [0.717, 1.165) is 22.2 Å². The zero-order valence-corrected chi connectivity index (χ0v) is 12.6. The number of alkyl halides is 3. The summed E-state index contributed by atoms with van der Waals surface area (Å²) in [7, 11) is 0. The Morgan fingerprint density at radius 3 is 2.45 bits per heavy atom. The maximum Gasteiger partial charge on any atom is 0.416 e. The fourth-order valence-electron chi connectivity index (χ4n) is 1.84. The van der Waals surface area contributed by atoms with Crippen molar-refractivity contribution in [3.63, 3.8) is 0 Å². The van der Waals surface area contributed by atoms with E-state index in [-0.39, 0.29) is 12.2 Å². The number of benzene rings is 2. The Labute approximate surface area is 132 Å². The van der Waals surface area contributed by atoms with Crippen LogP contribution in [0.15, 0.2) is 46.9 Å². The van der Waals surface area contributed by atoms with Crippen LogP contribution in [0.1, 0.15) is 11.1 Å². The number of halogens is 4. The first-order valence-corrected chi connectivity index (χ1v) is 6.91. The Bertz CT molecular complexity index is 705. The average Bonchev–Trinajstić information content (AvgIpc) is 2.45. The minimum Gasteiger partial charge on any atom is -0.375 e. The van der Waals surface area contributed by atoms with Gasteiger partial charge in [0, 0.05) is 17.1 Å². The second-order valence-corrected chi connectivity index (χ2v) is 5.29. The van der Waals surface area contributed by atoms with Crippen LogP contribution in [0.3, 0.4) is 0 Å². The molecule has 1 N–H and O–H groups in total. The Hall–Kier alpha value is -2.09. The SMILES string of the molecule is O=[N+]([O-])c1cc(C(F)(F)F)ccc1NCc1ccccc1Br. The van der Waals surface area contributed by atoms with Crippen LogP contribution in [0.2, 0.25) is 0 Å². The molecule has 0 aliphatic heterocycles. The summed E-state index contributed by atoms with van der Waals surface area (Å²) in [6.45, 7) is 0.244. The second kappa shape index (κ2) is 6.35. The quantitative estimate of drug-likeness (QED) is 0.605. The van der Waals surface area contributed by atoms with Crippen LogP contribution in [-0.4, -0.2) is 4.92 Å². The number of anilines is 1. The molecule has 0 aliphatic rings. The lowest BCUT2D eigenvalue weighted by atomic mass is 10.1. The molecule has 0 heterocycles. The Kier molecular flexibility index (Phi) is 4.70. The summed E-state index contributed by atoms with van der Waals surface area (Å²) in [6.07, 6.45) is -4.62. The maximum atomic E-state index is 12.6. The highest BCUT2D eigenvalue weighted by Crippen LogP contribution is 2.35. The molecule has 0 aliphatic carbocycles. The highest BCUT2D eigenvalue weighted by molar-refractivity contribution is 9.10. The van der Waals surface area contributed by atoms with Gasteiger partial charge < -0.3 is 5.32 Å². The number of hydrogen-bond acceptors (Lipinski definition) is 3. The van der Waals surface area contributed by atoms with Crippen LogP contribution in [0.5, 0.6) is 0 Å². The van der Waals surface area contributed by atoms with Crippen LogP contribution in [-0.2, 0) is 12.7 Å². The van der Waals surface area contributed by atoms with Gasteiger partial charge in [-0.25, -0.2) is 0 Å². The highest BCUT2D eigenvalue weighted by Gasteiger charge is 2.33. The lowest BCUT2D eigenvalue weighted by Crippen LogP contribution is -2.08. The molecule has 0 fully saturated rings. The molecule has 0 unspecified atom stereocenters. The fraction of sp³-hybridized carbons (Fsp3) is 0.143. The molecule has 0 atom stereocenters. The third-order valence-electron chi connectivity index (χ3n) is 2.95. The van der Waals surface area contributed by atoms with E-state index in [0.29, 0.717) is 6.07 Å². The topological polar surface area (TPSA) is 55.2 Å². The average molecular weight is 375 g/mol. The summed E-state index contributed by atoms with van der Waals surface area (Å²) in [4.78, 5) is 10.1. The van der Waals surface area contributed by atoms with Gasteiger partial charge in [0.1, 0.15) is 5.69 Å². The Morgan fingerprint density at radius 1 is 1.18 bits per heavy atom. The first kappa shape index (κ1) is 16.3. The van der Waals surface area contributed by atoms with Gasteiger partial charge in [-0.3, -0.25) is 10.1 Å². The van der Waals surface area contributed by atoms with Crippen molar-refractivity contribution in [1.29, 1.82) is 0 Å². The molecule has 2 aromatic rings. The standard InChI is InChI=1S/C14H10BrF3N2O2/c15-11-4-2-1-3-9(11)8-19-12-6-5-10(14(16,17)18)7-13(12)20(21)22/h1-7,19H,8H2. The number of hydrogen-bond donors (Lipinski definition) is 1. The summed E-state index contributed by atoms with van der Waals surface area (Å²) in [5, 5.41) is 13.8. The first-order valence-electron chi connectivity index (χ1n) is 6.12. The third-order valence-corrected chi connectivity index (χ3v) is 3.72. The second-order valence-electron chi connectivity index (χ2n) is 4.43. The normalized spacial score (nSPS) is 11.3. The van der Waals surface area contributed by atoms with Crippen molar-refractivity contribution >= 4 is 27.3 Å². The van der Waals surface area contributed by atoms with E-state index in [1.54, 1.807) is 18.2 Å². The van der Waals surface area contributed by atoms with Gasteiger partial charge in [0.15, 0.2) is 0 Å². The van der Waals surface area contributed by atoms with Crippen molar-refractivity contribution in [1.82, 2.24) is 0 Å². The number of nitrogens with one attached hydrogen (secondary N) is 1. The van der Waals surface area contributed by atoms with Crippen molar-refractivity contribution in [3.8, 4) is 0 Å². The first-order chi connectivity index (χ1) is 10.3. The van der Waals surface area contributed by atoms with E-state index in [1.165, 1.54) is 0 Å². The summed E-state index contributed by atoms with van der Waals surface area (Å²) >= 11 is 3.33. The van der Waals surface area contributed by atoms with E-state index < -0.39 is 22.4 Å². The minimum absolute atomic E-state index is 0.0359. The van der Waals surface area contributed by atoms with E-state index in [2.05, 4.69) is 21.2 Å². The smallest absolute Gasteiger partial charge is 0.375 e. The van der Waals surface area contributed by atoms with Gasteiger partial charge in [-0.2, -0.15) is 13.2 Å². The van der Waals surface area contributed by atoms with Gasteiger partial charge in [-0.15, -0.1) is 0 Å². The largest absolute Gasteiger partial charge is 0.416 e. The maximum absolute atomic E-state index is 12.6. The summed E-state index contributed by atoms with van der Waals surface area (Å²) < 4.78 is 38.7. The van der Waals surface area contributed by atoms with Gasteiger partial charge in [-0.05, 0) is 23.8 Å². The molecule has 0 saturated heterocycles. The fourth-order valence-corrected chi connectivity index (χ4v) is 2.27. The van der Waals surface area contributed by atoms with Gasteiger partial charge in [0.25, 0.3) is 5.69 Å². The zero-order chi connectivity index (χ0) is 16.3. The van der Waals surface area contributed by atoms with Crippen LogP contribution < -0.4 is 5.32 Å². The van der Waals surface area contributed by atoms with Crippen molar-refractivity contribution in [2.75, 3.05) is 5.32 Å². The lowest BCUT2D eigenvalue weighted by Gasteiger charge is -2.11. The molecule has 22 heavy (non-hydrogen) atoms. The summed E-state index contributed by atoms with van der Waals surface area (Å²) in [5.74, 6) is 0. The molecule has 2 rings (SSSR count). The van der Waals surface area contributed by atoms with Gasteiger partial charge >= 0.3 is 6.18 Å². The minimum atomic E-state index is -4.62. The van der Waals surface area contributed by atoms with Crippen LogP contribution in [0.4, 0.5) is 24.5 Å². The summed E-state index contributed by atoms with van der Waals surface area (Å²) in [6, 6.07) is 9.62. The molecule has 0 bridgehead atoms. The molecule has 116 valence electrons. The van der Waals surface area contributed by atoms with Crippen molar-refractivity contribution < 1.29 is 18.1 Å². The number of nitro groups is 1. The predicted molar refractivity (Wildman–Crippen MR) is 79.6 cm³/mol. The van der Waals surface area contributed by atoms with Crippen molar-refractivity contribution in [2.45, 2.75) is 12.7 Å². The van der Waals surface area contributed by atoms with Gasteiger partial charge in [-0.1, -0.05) is 34.1 Å². The van der Waals surface area contributed by atoms with E-state index in [4.69, 9.17) is 0 Å². The molecule has 0 radical (unpaired) electrons. The van der Waals surface area contributed by atoms with Crippen molar-refractivity contribution in [3.05, 3.63) is 68.2 Å². The zero-order valence-electron chi connectivity index (χ0n) is 11.0. The Balaban J connectivity index is 2.27. The van der Waals surface area contributed by atoms with E-state index in [1.807, 2.05) is 6.07 Å². The lowest BCUT2D eigenvalue weighted by molar-refractivity contribution is -0.384. The number of nitrogens with zero attached hydrogens (tertiary/aromatic N) is 1. The third kappa shape index (κ3) is 3.76. The molecular formula is C14H10BrF3N2O2. The molecule has 8 heteroatoms. The van der Waals surface area contributed by atoms with E-state index in [9.17, 15) is 23.3 Å². The van der Waals surface area contributed by atoms with Crippen LogP contribution in [0, 0.1) is 10.1 Å². The molecular weight excluding hydrogens is 365 g/mol. The predicted octanol–water partition coefficient (Wildman–Crippen LogP) is 4.99. The molecule has 0 amide bonds. The van der Waals surface area contributed by atoms with Crippen LogP contribution >= 0.6 is 15.9 Å². The molecule has 4 nitrogen and oxygen atoms in total. The molecule has 2 aromatic carbocycles. The number of nitro benzene ring substituents is 1. The highest BCUT2D eigenvalue weighted by atomic mass is 79.9. The monoisotopic (exact) mass is 374 g/mol. The molecule has 0 saturated carbocycles. The Morgan fingerprint density at radius 2 is 1.86 bits per heavy atom. The summed E-state index contributed by atoms with van der Waals surface area (Å²) in [5.41, 5.74) is -0.794. The van der Waals surface area contributed by atoms with Crippen molar-refractivity contribution in [2.24, 2.45) is 0 Å². The van der Waals surface area contributed by atoms with Gasteiger partial charge in [0.05, 0.1) is 10.5 Å². The van der Waals surface area contributed by atoms with Gasteiger partial charge in [0.2, 0.25) is 0 Å².